The van der Waals surface area contributed by atoms with Gasteiger partial charge in [-0.2, -0.15) is 0 Å². The molecule has 1 heterocycles. The Morgan fingerprint density at radius 1 is 1.40 bits per heavy atom. The van der Waals surface area contributed by atoms with Gasteiger partial charge < -0.3 is 14.7 Å². The lowest BCUT2D eigenvalue weighted by molar-refractivity contribution is 0.00900. The number of nitrogens with zero attached hydrogens (tertiary/aromatic N) is 1. The maximum atomic E-state index is 9.96. The molecule has 1 aliphatic heterocycles. The number of likely N-dealkylation sites (N-methyl/N-ethyl adjacent to an activating group) is 1. The molecule has 1 fully saturated rings. The Hall–Kier alpha value is -0.120. The topological polar surface area (TPSA) is 32.7 Å². The second-order valence-corrected chi connectivity index (χ2v) is 5.10. The molecule has 1 aliphatic rings. The average Bonchev–Trinajstić information content (AvgIpc) is 2.18. The zero-order valence-electron chi connectivity index (χ0n) is 10.3. The Balaban J connectivity index is 2.25. The molecule has 1 N–H and O–H groups in total. The summed E-state index contributed by atoms with van der Waals surface area (Å²) in [4.78, 5) is 2.25. The SMILES string of the molecule is CCC(C)(O)CN(C)CC1CCOCC1. The lowest BCUT2D eigenvalue weighted by Gasteiger charge is -2.32. The summed E-state index contributed by atoms with van der Waals surface area (Å²) in [7, 11) is 2.10. The third-order valence-electron chi connectivity index (χ3n) is 3.28. The third-order valence-corrected chi connectivity index (χ3v) is 3.28. The number of rotatable bonds is 5. The highest BCUT2D eigenvalue weighted by molar-refractivity contribution is 4.76. The van der Waals surface area contributed by atoms with Gasteiger partial charge in [0.05, 0.1) is 5.60 Å². The summed E-state index contributed by atoms with van der Waals surface area (Å²) in [6.45, 7) is 7.60. The lowest BCUT2D eigenvalue weighted by atomic mass is 9.98. The summed E-state index contributed by atoms with van der Waals surface area (Å²) < 4.78 is 5.34. The molecule has 0 spiro atoms. The van der Waals surface area contributed by atoms with Crippen LogP contribution in [0.5, 0.6) is 0 Å². The van der Waals surface area contributed by atoms with Gasteiger partial charge in [0.1, 0.15) is 0 Å². The van der Waals surface area contributed by atoms with E-state index in [4.69, 9.17) is 4.74 Å². The summed E-state index contributed by atoms with van der Waals surface area (Å²) in [6.07, 6.45) is 3.14. The zero-order valence-corrected chi connectivity index (χ0v) is 10.3. The van der Waals surface area contributed by atoms with Crippen LogP contribution in [-0.2, 0) is 4.74 Å². The first-order valence-electron chi connectivity index (χ1n) is 6.02. The molecule has 1 saturated heterocycles. The second-order valence-electron chi connectivity index (χ2n) is 5.10. The molecule has 0 amide bonds. The molecular formula is C12H25NO2. The second kappa shape index (κ2) is 5.83. The summed E-state index contributed by atoms with van der Waals surface area (Å²) in [5.74, 6) is 0.747. The van der Waals surface area contributed by atoms with E-state index in [1.807, 2.05) is 13.8 Å². The Bertz CT molecular complexity index is 176. The summed E-state index contributed by atoms with van der Waals surface area (Å²) in [5.41, 5.74) is -0.542. The van der Waals surface area contributed by atoms with E-state index in [2.05, 4.69) is 11.9 Å². The fraction of sp³-hybridized carbons (Fsp3) is 1.00. The van der Waals surface area contributed by atoms with E-state index < -0.39 is 5.60 Å². The minimum absolute atomic E-state index is 0.542. The fourth-order valence-electron chi connectivity index (χ4n) is 2.13. The molecule has 1 rings (SSSR count). The van der Waals surface area contributed by atoms with Gasteiger partial charge in [-0.25, -0.2) is 0 Å². The van der Waals surface area contributed by atoms with Crippen molar-refractivity contribution in [1.29, 1.82) is 0 Å². The van der Waals surface area contributed by atoms with E-state index in [0.29, 0.717) is 0 Å². The van der Waals surface area contributed by atoms with Crippen LogP contribution in [0.25, 0.3) is 0 Å². The minimum atomic E-state index is -0.542. The van der Waals surface area contributed by atoms with Crippen molar-refractivity contribution in [2.75, 3.05) is 33.4 Å². The van der Waals surface area contributed by atoms with Gasteiger partial charge in [-0.1, -0.05) is 6.92 Å². The summed E-state index contributed by atoms with van der Waals surface area (Å²) in [6, 6.07) is 0. The van der Waals surface area contributed by atoms with Crippen molar-refractivity contribution in [3.63, 3.8) is 0 Å². The highest BCUT2D eigenvalue weighted by Gasteiger charge is 2.22. The Morgan fingerprint density at radius 2 is 2.00 bits per heavy atom. The molecule has 0 radical (unpaired) electrons. The van der Waals surface area contributed by atoms with Gasteiger partial charge in [0.15, 0.2) is 0 Å². The van der Waals surface area contributed by atoms with Crippen LogP contribution < -0.4 is 0 Å². The van der Waals surface area contributed by atoms with Gasteiger partial charge in [-0.15, -0.1) is 0 Å². The smallest absolute Gasteiger partial charge is 0.0743 e. The quantitative estimate of drug-likeness (QED) is 0.754. The minimum Gasteiger partial charge on any atom is -0.389 e. The number of ether oxygens (including phenoxy) is 1. The molecule has 15 heavy (non-hydrogen) atoms. The van der Waals surface area contributed by atoms with Crippen molar-refractivity contribution in [3.8, 4) is 0 Å². The van der Waals surface area contributed by atoms with Crippen molar-refractivity contribution >= 4 is 0 Å². The average molecular weight is 215 g/mol. The molecule has 0 aliphatic carbocycles. The highest BCUT2D eigenvalue weighted by Crippen LogP contribution is 2.17. The standard InChI is InChI=1S/C12H25NO2/c1-4-12(2,14)10-13(3)9-11-5-7-15-8-6-11/h11,14H,4-10H2,1-3H3. The first-order valence-corrected chi connectivity index (χ1v) is 6.02. The van der Waals surface area contributed by atoms with Gasteiger partial charge >= 0.3 is 0 Å². The van der Waals surface area contributed by atoms with Crippen LogP contribution in [0.15, 0.2) is 0 Å². The first kappa shape index (κ1) is 12.9. The Kier molecular flexibility index (Phi) is 5.03. The van der Waals surface area contributed by atoms with Crippen molar-refractivity contribution < 1.29 is 9.84 Å². The summed E-state index contributed by atoms with van der Waals surface area (Å²) >= 11 is 0. The van der Waals surface area contributed by atoms with Crippen LogP contribution >= 0.6 is 0 Å². The number of hydrogen-bond donors (Lipinski definition) is 1. The van der Waals surface area contributed by atoms with E-state index in [0.717, 1.165) is 38.6 Å². The van der Waals surface area contributed by atoms with Crippen LogP contribution in [0.4, 0.5) is 0 Å². The molecule has 3 nitrogen and oxygen atoms in total. The zero-order chi connectivity index (χ0) is 11.3. The molecule has 0 aromatic rings. The lowest BCUT2D eigenvalue weighted by Crippen LogP contribution is -2.41. The van der Waals surface area contributed by atoms with Crippen molar-refractivity contribution in [2.45, 2.75) is 38.7 Å². The monoisotopic (exact) mass is 215 g/mol. The maximum absolute atomic E-state index is 9.96. The predicted octanol–water partition coefficient (Wildman–Crippen LogP) is 1.51. The number of hydrogen-bond acceptors (Lipinski definition) is 3. The summed E-state index contributed by atoms with van der Waals surface area (Å²) in [5, 5.41) is 9.96. The maximum Gasteiger partial charge on any atom is 0.0743 e. The van der Waals surface area contributed by atoms with E-state index in [1.165, 1.54) is 12.8 Å². The highest BCUT2D eigenvalue weighted by atomic mass is 16.5. The first-order chi connectivity index (χ1) is 7.03. The van der Waals surface area contributed by atoms with Crippen molar-refractivity contribution in [3.05, 3.63) is 0 Å². The van der Waals surface area contributed by atoms with Crippen LogP contribution in [-0.4, -0.2) is 49.0 Å². The predicted molar refractivity (Wildman–Crippen MR) is 62.0 cm³/mol. The van der Waals surface area contributed by atoms with Crippen molar-refractivity contribution in [2.24, 2.45) is 5.92 Å². The number of aliphatic hydroxyl groups is 1. The van der Waals surface area contributed by atoms with Crippen LogP contribution in [0.1, 0.15) is 33.1 Å². The van der Waals surface area contributed by atoms with Crippen molar-refractivity contribution in [1.82, 2.24) is 4.90 Å². The largest absolute Gasteiger partial charge is 0.389 e. The van der Waals surface area contributed by atoms with Gasteiger partial charge in [-0.3, -0.25) is 0 Å². The van der Waals surface area contributed by atoms with Gasteiger partial charge in [0.2, 0.25) is 0 Å². The van der Waals surface area contributed by atoms with Crippen LogP contribution in [0.2, 0.25) is 0 Å². The Morgan fingerprint density at radius 3 is 2.53 bits per heavy atom. The van der Waals surface area contributed by atoms with Gasteiger partial charge in [-0.05, 0) is 39.2 Å². The molecule has 3 heteroatoms. The normalized spacial score (nSPS) is 23.0. The van der Waals surface area contributed by atoms with E-state index in [9.17, 15) is 5.11 Å². The molecule has 0 bridgehead atoms. The van der Waals surface area contributed by atoms with Gasteiger partial charge in [0.25, 0.3) is 0 Å². The molecule has 1 unspecified atom stereocenters. The van der Waals surface area contributed by atoms with Crippen LogP contribution in [0.3, 0.4) is 0 Å². The molecule has 0 aromatic heterocycles. The van der Waals surface area contributed by atoms with Gasteiger partial charge in [0, 0.05) is 26.3 Å². The Labute approximate surface area is 93.4 Å². The third kappa shape index (κ3) is 4.96. The molecule has 0 saturated carbocycles. The van der Waals surface area contributed by atoms with E-state index in [1.54, 1.807) is 0 Å². The molecule has 90 valence electrons. The molecular weight excluding hydrogens is 190 g/mol. The molecule has 0 aromatic carbocycles. The molecule has 1 atom stereocenters. The fourth-order valence-corrected chi connectivity index (χ4v) is 2.13. The van der Waals surface area contributed by atoms with Crippen LogP contribution in [0, 0.1) is 5.92 Å². The van der Waals surface area contributed by atoms with E-state index in [-0.39, 0.29) is 0 Å². The van der Waals surface area contributed by atoms with E-state index >= 15 is 0 Å².